The third-order valence-electron chi connectivity index (χ3n) is 4.48. The number of aryl methyl sites for hydroxylation is 1. The van der Waals surface area contributed by atoms with Crippen LogP contribution in [0.25, 0.3) is 11.4 Å². The second-order valence-corrected chi connectivity index (χ2v) is 7.98. The van der Waals surface area contributed by atoms with Crippen molar-refractivity contribution < 1.29 is 4.74 Å². The van der Waals surface area contributed by atoms with Crippen LogP contribution in [0.4, 0.5) is 0 Å². The molecule has 5 nitrogen and oxygen atoms in total. The maximum atomic E-state index is 5.94. The van der Waals surface area contributed by atoms with E-state index in [1.807, 2.05) is 48.5 Å². The largest absolute Gasteiger partial charge is 0.488 e. The summed E-state index contributed by atoms with van der Waals surface area (Å²) in [6, 6.07) is 23.9. The molecule has 7 heteroatoms. The number of nitrogens with one attached hydrogen (secondary N) is 1. The fraction of sp³-hybridized carbons (Fsp3) is 0.0870. The highest BCUT2D eigenvalue weighted by atomic mass is 79.9. The number of hydrogen-bond acceptors (Lipinski definition) is 4. The van der Waals surface area contributed by atoms with E-state index in [1.54, 1.807) is 10.9 Å². The summed E-state index contributed by atoms with van der Waals surface area (Å²) in [4.78, 5) is 0. The van der Waals surface area contributed by atoms with Gasteiger partial charge in [0.15, 0.2) is 5.82 Å². The van der Waals surface area contributed by atoms with Gasteiger partial charge in [-0.15, -0.1) is 0 Å². The Morgan fingerprint density at radius 3 is 2.60 bits per heavy atom. The summed E-state index contributed by atoms with van der Waals surface area (Å²) in [5, 5.41) is 11.6. The van der Waals surface area contributed by atoms with Gasteiger partial charge >= 0.3 is 0 Å². The van der Waals surface area contributed by atoms with Crippen molar-refractivity contribution in [3.63, 3.8) is 0 Å². The molecule has 150 valence electrons. The first kappa shape index (κ1) is 20.3. The third kappa shape index (κ3) is 4.75. The summed E-state index contributed by atoms with van der Waals surface area (Å²) < 4.78 is 8.84. The fourth-order valence-corrected chi connectivity index (χ4v) is 3.55. The van der Waals surface area contributed by atoms with Crippen LogP contribution in [0.5, 0.6) is 5.75 Å². The van der Waals surface area contributed by atoms with Crippen LogP contribution in [-0.4, -0.2) is 21.1 Å². The molecule has 0 fully saturated rings. The van der Waals surface area contributed by atoms with Gasteiger partial charge in [0.25, 0.3) is 0 Å². The van der Waals surface area contributed by atoms with Crippen LogP contribution >= 0.6 is 28.1 Å². The molecule has 0 unspecified atom stereocenters. The van der Waals surface area contributed by atoms with Crippen LogP contribution in [0, 0.1) is 11.7 Å². The maximum Gasteiger partial charge on any atom is 0.216 e. The van der Waals surface area contributed by atoms with Crippen LogP contribution in [0.1, 0.15) is 16.7 Å². The summed E-state index contributed by atoms with van der Waals surface area (Å²) in [7, 11) is 0. The molecule has 0 radical (unpaired) electrons. The van der Waals surface area contributed by atoms with Crippen LogP contribution in [-0.2, 0) is 6.61 Å². The smallest absolute Gasteiger partial charge is 0.216 e. The second-order valence-electron chi connectivity index (χ2n) is 6.74. The van der Waals surface area contributed by atoms with Gasteiger partial charge in [-0.2, -0.15) is 14.9 Å². The average molecular weight is 479 g/mol. The lowest BCUT2D eigenvalue weighted by molar-refractivity contribution is 0.304. The van der Waals surface area contributed by atoms with Crippen molar-refractivity contribution in [1.29, 1.82) is 0 Å². The minimum atomic E-state index is 0.433. The monoisotopic (exact) mass is 478 g/mol. The van der Waals surface area contributed by atoms with Crippen molar-refractivity contribution in [1.82, 2.24) is 14.9 Å². The number of benzene rings is 3. The van der Waals surface area contributed by atoms with E-state index in [2.05, 4.69) is 62.4 Å². The quantitative estimate of drug-likeness (QED) is 0.267. The predicted octanol–water partition coefficient (Wildman–Crippen LogP) is 6.14. The molecule has 0 atom stereocenters. The molecular formula is C23H19BrN4OS. The van der Waals surface area contributed by atoms with E-state index >= 15 is 0 Å². The molecule has 0 saturated heterocycles. The second kappa shape index (κ2) is 9.19. The minimum Gasteiger partial charge on any atom is -0.488 e. The molecule has 4 rings (SSSR count). The number of halogens is 1. The Hall–Kier alpha value is -3.03. The summed E-state index contributed by atoms with van der Waals surface area (Å²) in [5.74, 6) is 1.44. The lowest BCUT2D eigenvalue weighted by atomic mass is 10.2. The molecule has 0 aliphatic rings. The Morgan fingerprint density at radius 2 is 1.87 bits per heavy atom. The zero-order valence-electron chi connectivity index (χ0n) is 16.2. The Kier molecular flexibility index (Phi) is 6.21. The molecule has 3 aromatic carbocycles. The highest BCUT2D eigenvalue weighted by molar-refractivity contribution is 9.10. The Balaban J connectivity index is 1.50. The van der Waals surface area contributed by atoms with Crippen molar-refractivity contribution in [3.05, 3.63) is 98.7 Å². The minimum absolute atomic E-state index is 0.433. The summed E-state index contributed by atoms with van der Waals surface area (Å²) in [6.45, 7) is 2.58. The molecule has 1 aromatic heterocycles. The highest BCUT2D eigenvalue weighted by Crippen LogP contribution is 2.26. The number of ether oxygens (including phenoxy) is 1. The van der Waals surface area contributed by atoms with Gasteiger partial charge in [0.05, 0.1) is 10.7 Å². The van der Waals surface area contributed by atoms with E-state index < -0.39 is 0 Å². The van der Waals surface area contributed by atoms with Gasteiger partial charge in [0, 0.05) is 5.56 Å². The van der Waals surface area contributed by atoms with Crippen LogP contribution in [0.2, 0.25) is 0 Å². The Bertz CT molecular complexity index is 1230. The van der Waals surface area contributed by atoms with E-state index in [1.165, 1.54) is 5.56 Å². The first-order valence-corrected chi connectivity index (χ1v) is 10.6. The van der Waals surface area contributed by atoms with E-state index in [4.69, 9.17) is 17.0 Å². The molecule has 0 bridgehead atoms. The lowest BCUT2D eigenvalue weighted by Gasteiger charge is -2.09. The van der Waals surface area contributed by atoms with Crippen molar-refractivity contribution in [2.24, 2.45) is 5.10 Å². The summed E-state index contributed by atoms with van der Waals surface area (Å²) in [5.41, 5.74) is 4.20. The average Bonchev–Trinajstić information content (AvgIpc) is 3.13. The van der Waals surface area contributed by atoms with Gasteiger partial charge < -0.3 is 4.74 Å². The molecule has 0 aliphatic carbocycles. The van der Waals surface area contributed by atoms with E-state index in [0.717, 1.165) is 26.9 Å². The normalized spacial score (nSPS) is 11.1. The Morgan fingerprint density at radius 1 is 1.10 bits per heavy atom. The van der Waals surface area contributed by atoms with Crippen molar-refractivity contribution in [3.8, 4) is 17.1 Å². The van der Waals surface area contributed by atoms with Gasteiger partial charge in [-0.05, 0) is 64.4 Å². The molecule has 4 aromatic rings. The van der Waals surface area contributed by atoms with Crippen molar-refractivity contribution in [2.45, 2.75) is 13.5 Å². The highest BCUT2D eigenvalue weighted by Gasteiger charge is 2.08. The first-order chi connectivity index (χ1) is 14.6. The summed E-state index contributed by atoms with van der Waals surface area (Å²) >= 11 is 8.91. The predicted molar refractivity (Wildman–Crippen MR) is 125 cm³/mol. The van der Waals surface area contributed by atoms with Crippen molar-refractivity contribution in [2.75, 3.05) is 0 Å². The molecule has 1 N–H and O–H groups in total. The molecule has 0 spiro atoms. The maximum absolute atomic E-state index is 5.94. The molecule has 0 aliphatic heterocycles. The third-order valence-corrected chi connectivity index (χ3v) is 5.36. The molecule has 1 heterocycles. The summed E-state index contributed by atoms with van der Waals surface area (Å²) in [6.07, 6.45) is 1.74. The molecular weight excluding hydrogens is 460 g/mol. The van der Waals surface area contributed by atoms with Gasteiger partial charge in [0.2, 0.25) is 4.77 Å². The molecule has 0 saturated carbocycles. The number of nitrogens with zero attached hydrogens (tertiary/aromatic N) is 3. The number of rotatable bonds is 6. The standard InChI is InChI=1S/C23H19BrN4OS/c1-16-7-9-17(10-8-16)15-29-21-12-11-18(13-20(21)24)14-25-28-22(26-27-23(28)30)19-5-3-2-4-6-19/h2-14H,15H2,1H3,(H,27,30)/b25-14-. The fourth-order valence-electron chi connectivity index (χ4n) is 2.86. The van der Waals surface area contributed by atoms with Crippen LogP contribution in [0.15, 0.2) is 82.4 Å². The van der Waals surface area contributed by atoms with Gasteiger partial charge in [-0.3, -0.25) is 0 Å². The van der Waals surface area contributed by atoms with Crippen LogP contribution in [0.3, 0.4) is 0 Å². The first-order valence-electron chi connectivity index (χ1n) is 9.35. The van der Waals surface area contributed by atoms with Crippen molar-refractivity contribution >= 4 is 34.4 Å². The van der Waals surface area contributed by atoms with Gasteiger partial charge in [-0.25, -0.2) is 5.10 Å². The van der Waals surface area contributed by atoms with Gasteiger partial charge in [0.1, 0.15) is 12.4 Å². The van der Waals surface area contributed by atoms with Crippen LogP contribution < -0.4 is 4.74 Å². The molecule has 30 heavy (non-hydrogen) atoms. The zero-order valence-corrected chi connectivity index (χ0v) is 18.7. The number of aromatic nitrogens is 3. The van der Waals surface area contributed by atoms with E-state index in [0.29, 0.717) is 17.2 Å². The number of aromatic amines is 1. The molecule has 0 amide bonds. The SMILES string of the molecule is Cc1ccc(COc2ccc(/C=N\n3c(-c4ccccc4)n[nH]c3=S)cc2Br)cc1. The number of H-pyrrole nitrogens is 1. The van der Waals surface area contributed by atoms with E-state index in [-0.39, 0.29) is 0 Å². The number of hydrogen-bond donors (Lipinski definition) is 1. The lowest BCUT2D eigenvalue weighted by Crippen LogP contribution is -1.97. The Labute approximate surface area is 188 Å². The zero-order chi connectivity index (χ0) is 20.9. The van der Waals surface area contributed by atoms with Gasteiger partial charge in [-0.1, -0.05) is 60.2 Å². The topological polar surface area (TPSA) is 55.2 Å². The van der Waals surface area contributed by atoms with E-state index in [9.17, 15) is 0 Å².